The number of phosphoric acid groups is 2. The molecule has 0 saturated carbocycles. The van der Waals surface area contributed by atoms with Crippen LogP contribution >= 0.6 is 15.6 Å². The summed E-state index contributed by atoms with van der Waals surface area (Å²) in [7, 11) is -9.63. The number of ether oxygens (including phenoxy) is 2. The molecule has 0 aromatic rings. The van der Waals surface area contributed by atoms with E-state index in [0.717, 1.165) is 128 Å². The largest absolute Gasteiger partial charge is 0.472 e. The number of phosphoric ester groups is 2. The van der Waals surface area contributed by atoms with Gasteiger partial charge in [-0.05, 0) is 63.5 Å². The first-order valence-electron chi connectivity index (χ1n) is 44.1. The molecule has 0 bridgehead atoms. The zero-order valence-corrected chi connectivity index (χ0v) is 70.7. The normalized spacial score (nSPS) is 14.0. The first-order chi connectivity index (χ1) is 51.6. The Labute approximate surface area is 648 Å². The smallest absolute Gasteiger partial charge is 0.456 e. The van der Waals surface area contributed by atoms with Crippen molar-refractivity contribution in [2.24, 2.45) is 0 Å². The van der Waals surface area contributed by atoms with Gasteiger partial charge in [-0.2, -0.15) is 0 Å². The van der Waals surface area contributed by atoms with Gasteiger partial charge in [0.2, 0.25) is 11.8 Å². The molecule has 0 radical (unpaired) electrons. The zero-order valence-electron chi connectivity index (χ0n) is 68.9. The lowest BCUT2D eigenvalue weighted by atomic mass is 10.0. The lowest BCUT2D eigenvalue weighted by Crippen LogP contribution is -2.47. The van der Waals surface area contributed by atoms with Crippen LogP contribution in [0.2, 0.25) is 0 Å². The highest BCUT2D eigenvalue weighted by Gasteiger charge is 2.32. The van der Waals surface area contributed by atoms with E-state index in [1.165, 1.54) is 205 Å². The van der Waals surface area contributed by atoms with Crippen molar-refractivity contribution in [3.63, 3.8) is 0 Å². The van der Waals surface area contributed by atoms with Crippen LogP contribution in [-0.4, -0.2) is 103 Å². The van der Waals surface area contributed by atoms with E-state index in [4.69, 9.17) is 27.6 Å². The molecule has 6 atom stereocenters. The van der Waals surface area contributed by atoms with Crippen molar-refractivity contribution in [1.29, 1.82) is 0 Å². The Hall–Kier alpha value is -3.15. The minimum atomic E-state index is -4.82. The summed E-state index contributed by atoms with van der Waals surface area (Å²) in [4.78, 5) is 89.3. The highest BCUT2D eigenvalue weighted by molar-refractivity contribution is 7.47. The van der Waals surface area contributed by atoms with Crippen molar-refractivity contribution in [1.82, 2.24) is 21.3 Å². The Balaban J connectivity index is 6.07. The van der Waals surface area contributed by atoms with Gasteiger partial charge in [0.15, 0.2) is 0 Å². The van der Waals surface area contributed by atoms with Crippen LogP contribution in [0.4, 0.5) is 4.79 Å². The van der Waals surface area contributed by atoms with Gasteiger partial charge in [-0.1, -0.05) is 362 Å². The lowest BCUT2D eigenvalue weighted by molar-refractivity contribution is -0.150. The Kier molecular flexibility index (Phi) is 74.9. The van der Waals surface area contributed by atoms with Crippen molar-refractivity contribution in [3.05, 3.63) is 24.3 Å². The number of hydrogen-bond donors (Lipinski definition) is 6. The Bertz CT molecular complexity index is 2050. The maximum atomic E-state index is 13.7. The molecule has 0 aliphatic rings. The fraction of sp³-hybridized carbons (Fsp3) is 0.894. The van der Waals surface area contributed by atoms with Gasteiger partial charge in [0.25, 0.3) is 0 Å². The number of urea groups is 1. The predicted octanol–water partition coefficient (Wildman–Crippen LogP) is 24.0. The number of esters is 2. The van der Waals surface area contributed by atoms with Crippen LogP contribution in [0.3, 0.4) is 0 Å². The Morgan fingerprint density at radius 3 is 0.792 bits per heavy atom. The topological polar surface area (TPSA) is 263 Å². The molecule has 0 spiro atoms. The lowest BCUT2D eigenvalue weighted by Gasteiger charge is -2.27. The number of amides is 4. The van der Waals surface area contributed by atoms with E-state index in [1.807, 2.05) is 12.2 Å². The molecule has 0 fully saturated rings. The summed E-state index contributed by atoms with van der Waals surface area (Å²) >= 11 is 0. The van der Waals surface area contributed by atoms with E-state index in [0.29, 0.717) is 25.7 Å². The first-order valence-corrected chi connectivity index (χ1v) is 47.1. The van der Waals surface area contributed by atoms with Gasteiger partial charge in [-0.15, -0.1) is 0 Å². The molecule has 19 nitrogen and oxygen atoms in total. The monoisotopic (exact) mass is 1540 g/mol. The van der Waals surface area contributed by atoms with E-state index in [9.17, 15) is 42.9 Å². The summed E-state index contributed by atoms with van der Waals surface area (Å²) in [5.41, 5.74) is 0. The number of hydrogen-bond acceptors (Lipinski definition) is 13. The van der Waals surface area contributed by atoms with Crippen LogP contribution in [0.25, 0.3) is 0 Å². The van der Waals surface area contributed by atoms with Crippen LogP contribution < -0.4 is 21.3 Å². The number of carbonyl (C=O) groups excluding carboxylic acids is 5. The highest BCUT2D eigenvalue weighted by Crippen LogP contribution is 2.44. The van der Waals surface area contributed by atoms with E-state index in [2.05, 4.69) is 62.8 Å². The molecular formula is C85H164N4O15P2. The molecule has 106 heavy (non-hydrogen) atoms. The fourth-order valence-electron chi connectivity index (χ4n) is 13.0. The molecule has 6 N–H and O–H groups in total. The van der Waals surface area contributed by atoms with E-state index < -0.39 is 84.3 Å². The zero-order chi connectivity index (χ0) is 77.8. The molecule has 21 heteroatoms. The number of unbranched alkanes of at least 4 members (excludes halogenated alkanes) is 50. The number of rotatable bonds is 82. The maximum Gasteiger partial charge on any atom is 0.472 e. The Morgan fingerprint density at radius 1 is 0.311 bits per heavy atom. The molecule has 0 rings (SSSR count). The standard InChI is InChI=1S/C85H164N4O15P2/c1-7-13-19-25-31-37-39-45-49-55-61-67-81(90)88-77(79(65-59-53-47-41-33-27-21-15-9-3)103-83(92)69-63-57-51-43-35-29-23-17-11-5)75-101-105(95,96)99-73-71-86-85(94)87-72-74-100-106(97,98)102-76-78(89-82(91)68-62-56-50-46-40-38-32-26-20-14-8-2)80(66-60-54-48-42-34-28-22-16-10-4)104-84(93)70-64-58-52-44-36-30-24-18-12-6/h59-60,65-66,77-80H,7-58,61-64,67-76H2,1-6H3,(H,88,90)(H,89,91)(H,95,96)(H,97,98)(H2,86,87,94)/b65-59+,66-60+/t77-,78-,79+,80+/m0/s1. The number of nitrogens with one attached hydrogen (secondary N) is 4. The second-order valence-electron chi connectivity index (χ2n) is 30.0. The average Bonchev–Trinajstić information content (AvgIpc) is 0.881. The van der Waals surface area contributed by atoms with Crippen LogP contribution in [0, 0.1) is 0 Å². The Morgan fingerprint density at radius 2 is 0.538 bits per heavy atom. The maximum absolute atomic E-state index is 13.7. The quantitative estimate of drug-likeness (QED) is 0.0143. The molecule has 0 aromatic carbocycles. The summed E-state index contributed by atoms with van der Waals surface area (Å²) in [6, 6.07) is -2.77. The second kappa shape index (κ2) is 77.2. The molecule has 0 aliphatic carbocycles. The van der Waals surface area contributed by atoms with Crippen molar-refractivity contribution in [2.75, 3.05) is 39.5 Å². The molecule has 0 heterocycles. The molecule has 624 valence electrons. The molecule has 0 aliphatic heterocycles. The molecule has 2 unspecified atom stereocenters. The summed E-state index contributed by atoms with van der Waals surface area (Å²) in [6.45, 7) is 10.8. The van der Waals surface area contributed by atoms with Crippen molar-refractivity contribution in [2.45, 2.75) is 451 Å². The van der Waals surface area contributed by atoms with Gasteiger partial charge in [0.1, 0.15) is 12.2 Å². The fourth-order valence-corrected chi connectivity index (χ4v) is 14.5. The summed E-state index contributed by atoms with van der Waals surface area (Å²) in [6.07, 6.45) is 68.2. The van der Waals surface area contributed by atoms with Gasteiger partial charge in [0.05, 0.1) is 38.5 Å². The number of allylic oxidation sites excluding steroid dienone is 2. The van der Waals surface area contributed by atoms with Gasteiger partial charge in [-0.25, -0.2) is 13.9 Å². The van der Waals surface area contributed by atoms with E-state index >= 15 is 0 Å². The molecule has 0 aromatic heterocycles. The minimum Gasteiger partial charge on any atom is -0.456 e. The predicted molar refractivity (Wildman–Crippen MR) is 438 cm³/mol. The van der Waals surface area contributed by atoms with Crippen molar-refractivity contribution in [3.8, 4) is 0 Å². The third-order valence-electron chi connectivity index (χ3n) is 19.7. The SMILES string of the molecule is CCCCCCCCC/C=C/[C@@H](OC(=O)CCCCCCCCCCC)[C@H](COP(=O)(O)OCCNC(=O)NCCOP(=O)(O)OC[C@H](NC(=O)CCCCCCCCCCCCC)[C@@H](/C=C/CCCCCCCCC)OC(=O)CCCCCCCCCCC)NC(=O)CCCCCCCCCCCCC. The van der Waals surface area contributed by atoms with Gasteiger partial charge >= 0.3 is 33.6 Å². The number of carbonyl (C=O) groups is 5. The third kappa shape index (κ3) is 71.2. The highest BCUT2D eigenvalue weighted by atomic mass is 31.2. The minimum absolute atomic E-state index is 0.199. The summed E-state index contributed by atoms with van der Waals surface area (Å²) in [5.74, 6) is -1.42. The van der Waals surface area contributed by atoms with Gasteiger partial charge in [-0.3, -0.25) is 37.3 Å². The van der Waals surface area contributed by atoms with Gasteiger partial charge in [0, 0.05) is 38.8 Å². The van der Waals surface area contributed by atoms with Gasteiger partial charge < -0.3 is 40.5 Å². The van der Waals surface area contributed by atoms with Crippen LogP contribution in [-0.2, 0) is 55.9 Å². The van der Waals surface area contributed by atoms with Crippen molar-refractivity contribution >= 4 is 45.4 Å². The second-order valence-corrected chi connectivity index (χ2v) is 32.9. The first kappa shape index (κ1) is 103. The van der Waals surface area contributed by atoms with Crippen molar-refractivity contribution < 1.29 is 70.5 Å². The van der Waals surface area contributed by atoms with Crippen LogP contribution in [0.5, 0.6) is 0 Å². The molecule has 4 amide bonds. The molecular weight excluding hydrogens is 1380 g/mol. The van der Waals surface area contributed by atoms with Crippen LogP contribution in [0.1, 0.15) is 427 Å². The third-order valence-corrected chi connectivity index (χ3v) is 21.7. The summed E-state index contributed by atoms with van der Waals surface area (Å²) < 4.78 is 60.8. The summed E-state index contributed by atoms with van der Waals surface area (Å²) in [5, 5.41) is 11.0. The van der Waals surface area contributed by atoms with E-state index in [1.54, 1.807) is 12.2 Å². The average molecular weight is 1540 g/mol. The van der Waals surface area contributed by atoms with Crippen LogP contribution in [0.15, 0.2) is 24.3 Å². The van der Waals surface area contributed by atoms with E-state index in [-0.39, 0.29) is 50.6 Å². The molecule has 0 saturated heterocycles.